The van der Waals surface area contributed by atoms with Crippen LogP contribution in [0, 0.1) is 59.3 Å². The van der Waals surface area contributed by atoms with E-state index in [-0.39, 0.29) is 66.3 Å². The van der Waals surface area contributed by atoms with E-state index in [1.807, 2.05) is 55.3 Å². The molecule has 4 aromatic heterocycles. The zero-order valence-corrected chi connectivity index (χ0v) is 35.4. The molecule has 2 N–H and O–H groups in total. The second-order valence-electron chi connectivity index (χ2n) is 16.7. The maximum Gasteiger partial charge on any atom is 0.355 e. The summed E-state index contributed by atoms with van der Waals surface area (Å²) in [5, 5.41) is 28.7. The fourth-order valence-corrected chi connectivity index (χ4v) is 12.3. The first-order valence-electron chi connectivity index (χ1n) is 18.4. The van der Waals surface area contributed by atoms with Crippen molar-refractivity contribution in [3.8, 4) is 11.1 Å². The molecule has 2 unspecified atom stereocenters. The van der Waals surface area contributed by atoms with Gasteiger partial charge in [-0.3, -0.25) is 4.68 Å². The number of ether oxygens (including phenoxy) is 1. The molecule has 5 heterocycles. The minimum Gasteiger partial charge on any atom is -0.476 e. The summed E-state index contributed by atoms with van der Waals surface area (Å²) in [7, 11) is 0. The van der Waals surface area contributed by atoms with Gasteiger partial charge in [0, 0.05) is 57.5 Å². The summed E-state index contributed by atoms with van der Waals surface area (Å²) in [6.45, 7) is 15.0. The van der Waals surface area contributed by atoms with Crippen LogP contribution in [0.4, 0.5) is 22.6 Å². The monoisotopic (exact) mass is 820 g/mol. The Morgan fingerprint density at radius 2 is 1.70 bits per heavy atom. The van der Waals surface area contributed by atoms with Gasteiger partial charge in [-0.25, -0.2) is 14.8 Å². The number of nitrogens with zero attached hydrogens (tertiary/aromatic N) is 7. The van der Waals surface area contributed by atoms with Crippen molar-refractivity contribution >= 4 is 50.1 Å². The van der Waals surface area contributed by atoms with Gasteiger partial charge in [-0.1, -0.05) is 43.9 Å². The Morgan fingerprint density at radius 1 is 0.964 bits per heavy atom. The summed E-state index contributed by atoms with van der Waals surface area (Å²) in [5.74, 6) is 0.841. The quantitative estimate of drug-likeness (QED) is 0.109. The first-order valence-corrected chi connectivity index (χ1v) is 19.2. The number of fused-ring (bicyclic) bond motifs is 2. The smallest absolute Gasteiger partial charge is 0.355 e. The molecule has 1 aliphatic heterocycles. The van der Waals surface area contributed by atoms with Crippen LogP contribution in [0.3, 0.4) is 0 Å². The summed E-state index contributed by atoms with van der Waals surface area (Å²) in [5.41, 5.74) is 5.75. The van der Waals surface area contributed by atoms with Crippen LogP contribution in [0.25, 0.3) is 21.3 Å². The maximum atomic E-state index is 12.8. The Morgan fingerprint density at radius 3 is 2.39 bits per heavy atom. The molecule has 10 rings (SSSR count). The molecule has 1 aromatic carbocycles. The number of para-hydroxylation sites is 1. The number of aromatic nitrogens is 6. The summed E-state index contributed by atoms with van der Waals surface area (Å²) in [6, 6.07) is 11.8. The van der Waals surface area contributed by atoms with Gasteiger partial charge in [0.1, 0.15) is 5.82 Å². The van der Waals surface area contributed by atoms with E-state index < -0.39 is 5.97 Å². The van der Waals surface area contributed by atoms with E-state index in [1.165, 1.54) is 6.42 Å². The largest absolute Gasteiger partial charge is 0.476 e. The van der Waals surface area contributed by atoms with Crippen LogP contribution < -0.4 is 10.2 Å². The predicted molar refractivity (Wildman–Crippen MR) is 222 cm³/mol. The number of benzene rings is 1. The van der Waals surface area contributed by atoms with Crippen molar-refractivity contribution in [2.45, 2.75) is 91.2 Å². The van der Waals surface area contributed by atoms with E-state index in [0.717, 1.165) is 89.2 Å². The molecule has 4 fully saturated rings. The number of rotatable bonds is 9. The Kier molecular flexibility index (Phi) is 11.9. The molecule has 11 nitrogen and oxygen atoms in total. The van der Waals surface area contributed by atoms with Crippen molar-refractivity contribution < 1.29 is 31.1 Å². The zero-order chi connectivity index (χ0) is 36.0. The SMILES string of the molecule is [CH2-]COC12CC3(Cn4ncc(-c5ccc(N6CCCc7c6nnc(Nc6nc8ccccc8s6)c7C)nc5C(=O)O)c4C)C[C@@](C)(C1)C[C@](C)(C3)C2.[CH3-].[CH3-].[CH3-].[Ni]. The maximum absolute atomic E-state index is 12.8. The van der Waals surface area contributed by atoms with Crippen molar-refractivity contribution in [1.82, 2.24) is 29.9 Å². The minimum atomic E-state index is -1.08. The van der Waals surface area contributed by atoms with Crippen molar-refractivity contribution in [2.24, 2.45) is 16.2 Å². The van der Waals surface area contributed by atoms with Gasteiger partial charge in [0.25, 0.3) is 0 Å². The molecular formula is C43H54N8NiO3S-4. The number of anilines is 4. The molecule has 4 aliphatic carbocycles. The first-order chi connectivity index (χ1) is 24.9. The number of pyridine rings is 1. The topological polar surface area (TPSA) is 131 Å². The Balaban J connectivity index is 0.00000150. The molecule has 5 aliphatic rings. The summed E-state index contributed by atoms with van der Waals surface area (Å²) >= 11 is 1.58. The Labute approximate surface area is 346 Å². The van der Waals surface area contributed by atoms with Crippen LogP contribution in [-0.2, 0) is 34.2 Å². The van der Waals surface area contributed by atoms with E-state index in [9.17, 15) is 9.90 Å². The molecule has 0 spiro atoms. The molecule has 4 saturated carbocycles. The van der Waals surface area contributed by atoms with E-state index in [0.29, 0.717) is 36.2 Å². The number of aromatic carboxylic acids is 1. The standard InChI is InChI=1S/C40H45N8O3S.3CH3.Ni/c1-6-51-40-20-37(4)17-38(5,21-40)19-39(18-37,22-40)23-48-25(3)28(16-41-48)27-13-14-31(43-32(27)35(49)50)47-15-9-10-26-24(2)33(45-46-34(26)47)44-36-42-29-11-7-8-12-30(29)52-36;;;;/h7-8,11-14,16H,1,6,9-10,15,17-23H2,2-5H3,(H,49,50)(H,42,44,45);3*1H3;/q4*-1;/t37-,38+,39?,40?;;;;. The number of hydrogen-bond donors (Lipinski definition) is 2. The van der Waals surface area contributed by atoms with Crippen LogP contribution in [0.2, 0.25) is 0 Å². The van der Waals surface area contributed by atoms with Gasteiger partial charge in [-0.15, -0.1) is 10.2 Å². The number of nitrogens with one attached hydrogen (secondary N) is 1. The van der Waals surface area contributed by atoms with Gasteiger partial charge in [-0.05, 0) is 106 Å². The average molecular weight is 822 g/mol. The van der Waals surface area contributed by atoms with E-state index in [1.54, 1.807) is 11.3 Å². The molecular weight excluding hydrogens is 767 g/mol. The second kappa shape index (κ2) is 15.4. The molecule has 4 bridgehead atoms. The van der Waals surface area contributed by atoms with Gasteiger partial charge >= 0.3 is 5.97 Å². The minimum absolute atomic E-state index is 0. The molecule has 304 valence electrons. The zero-order valence-electron chi connectivity index (χ0n) is 33.6. The Bertz CT molecular complexity index is 2200. The number of carboxylic acids is 1. The van der Waals surface area contributed by atoms with Gasteiger partial charge in [-0.2, -0.15) is 5.10 Å². The fourth-order valence-electron chi connectivity index (χ4n) is 11.5. The summed E-state index contributed by atoms with van der Waals surface area (Å²) < 4.78 is 9.69. The third kappa shape index (κ3) is 7.24. The van der Waals surface area contributed by atoms with Crippen LogP contribution >= 0.6 is 11.3 Å². The third-order valence-corrected chi connectivity index (χ3v) is 13.2. The van der Waals surface area contributed by atoms with E-state index in [2.05, 4.69) is 47.0 Å². The van der Waals surface area contributed by atoms with Gasteiger partial charge in [0.15, 0.2) is 22.5 Å². The van der Waals surface area contributed by atoms with Gasteiger partial charge in [0.05, 0.1) is 22.0 Å². The molecule has 13 heteroatoms. The first kappa shape index (κ1) is 43.2. The molecule has 0 saturated heterocycles. The second-order valence-corrected chi connectivity index (χ2v) is 17.8. The summed E-state index contributed by atoms with van der Waals surface area (Å²) in [4.78, 5) is 24.3. The fraction of sp³-hybridized carbons (Fsp3) is 0.442. The molecule has 0 radical (unpaired) electrons. The molecule has 5 aromatic rings. The van der Waals surface area contributed by atoms with Crippen LogP contribution in [-0.4, -0.2) is 59.8 Å². The third-order valence-electron chi connectivity index (χ3n) is 12.2. The van der Waals surface area contributed by atoms with Gasteiger partial charge in [0.2, 0.25) is 0 Å². The number of carboxylic acid groups (broad SMARTS) is 1. The number of thiazole rings is 1. The van der Waals surface area contributed by atoms with Crippen molar-refractivity contribution in [1.29, 1.82) is 0 Å². The average Bonchev–Trinajstić information content (AvgIpc) is 3.65. The van der Waals surface area contributed by atoms with Crippen LogP contribution in [0.15, 0.2) is 42.6 Å². The van der Waals surface area contributed by atoms with E-state index >= 15 is 0 Å². The number of hydrogen-bond acceptors (Lipinski definition) is 10. The van der Waals surface area contributed by atoms with Crippen LogP contribution in [0.1, 0.15) is 86.1 Å². The number of carbonyl (C=O) groups is 1. The molecule has 56 heavy (non-hydrogen) atoms. The molecule has 4 atom stereocenters. The van der Waals surface area contributed by atoms with Crippen LogP contribution in [0.5, 0.6) is 0 Å². The summed E-state index contributed by atoms with van der Waals surface area (Å²) in [6.07, 6.45) is 10.3. The molecule has 0 amide bonds. The predicted octanol–water partition coefficient (Wildman–Crippen LogP) is 9.81. The van der Waals surface area contributed by atoms with Crippen molar-refractivity contribution in [3.63, 3.8) is 0 Å². The van der Waals surface area contributed by atoms with Crippen molar-refractivity contribution in [3.05, 3.63) is 94.3 Å². The van der Waals surface area contributed by atoms with Gasteiger partial charge < -0.3 is 49.3 Å². The Hall–Kier alpha value is -3.93. The van der Waals surface area contributed by atoms with E-state index in [4.69, 9.17) is 19.8 Å². The van der Waals surface area contributed by atoms with Crippen molar-refractivity contribution in [2.75, 3.05) is 23.4 Å². The normalized spacial score (nSPS) is 25.7.